The molecule has 2 rings (SSSR count). The van der Waals surface area contributed by atoms with Gasteiger partial charge in [-0.15, -0.1) is 0 Å². The summed E-state index contributed by atoms with van der Waals surface area (Å²) in [5.74, 6) is -2.23. The van der Waals surface area contributed by atoms with Crippen LogP contribution in [0.1, 0.15) is 12.0 Å². The van der Waals surface area contributed by atoms with Crippen molar-refractivity contribution in [2.45, 2.75) is 6.43 Å². The van der Waals surface area contributed by atoms with Gasteiger partial charge in [0, 0.05) is 16.1 Å². The molecule has 0 radical (unpaired) electrons. The molecule has 5 heteroatoms. The fourth-order valence-corrected chi connectivity index (χ4v) is 1.85. The van der Waals surface area contributed by atoms with Gasteiger partial charge in [0.15, 0.2) is 11.6 Å². The van der Waals surface area contributed by atoms with Gasteiger partial charge >= 0.3 is 0 Å². The van der Waals surface area contributed by atoms with Crippen molar-refractivity contribution in [1.82, 2.24) is 0 Å². The lowest BCUT2D eigenvalue weighted by Gasteiger charge is -2.10. The van der Waals surface area contributed by atoms with Gasteiger partial charge in [0.05, 0.1) is 0 Å². The Hall–Kier alpha value is -1.55. The molecule has 2 aromatic carbocycles. The van der Waals surface area contributed by atoms with Crippen LogP contribution in [0.3, 0.4) is 0 Å². The van der Waals surface area contributed by atoms with Crippen LogP contribution in [0.2, 0.25) is 5.02 Å². The topological polar surface area (TPSA) is 0 Å². The first kappa shape index (κ1) is 12.9. The first-order valence-corrected chi connectivity index (χ1v) is 5.40. The fourth-order valence-electron chi connectivity index (χ4n) is 1.67. The standard InChI is InChI=1S/C13H7ClF4/c14-7-4-5-8(10(6-7)13(17)18)9-2-1-3-11(15)12(9)16/h1-6,13H. The smallest absolute Gasteiger partial charge is 0.205 e. The Morgan fingerprint density at radius 1 is 0.944 bits per heavy atom. The van der Waals surface area contributed by atoms with E-state index < -0.39 is 23.6 Å². The maximum Gasteiger partial charge on any atom is 0.264 e. The van der Waals surface area contributed by atoms with Crippen molar-refractivity contribution in [3.05, 3.63) is 58.6 Å². The molecule has 0 spiro atoms. The third-order valence-corrected chi connectivity index (χ3v) is 2.73. The number of benzene rings is 2. The minimum atomic E-state index is -2.82. The number of rotatable bonds is 2. The molecule has 0 aromatic heterocycles. The fraction of sp³-hybridized carbons (Fsp3) is 0.0769. The lowest BCUT2D eigenvalue weighted by Crippen LogP contribution is -1.95. The maximum atomic E-state index is 13.6. The van der Waals surface area contributed by atoms with Gasteiger partial charge in [-0.25, -0.2) is 17.6 Å². The average Bonchev–Trinajstić information content (AvgIpc) is 2.33. The zero-order valence-electron chi connectivity index (χ0n) is 8.93. The van der Waals surface area contributed by atoms with Crippen LogP contribution in [-0.2, 0) is 0 Å². The molecule has 0 saturated carbocycles. The van der Waals surface area contributed by atoms with Crippen molar-refractivity contribution < 1.29 is 17.6 Å². The second-order valence-corrected chi connectivity index (χ2v) is 4.07. The lowest BCUT2D eigenvalue weighted by atomic mass is 9.99. The summed E-state index contributed by atoms with van der Waals surface area (Å²) in [5, 5.41) is 0.117. The van der Waals surface area contributed by atoms with Crippen molar-refractivity contribution in [1.29, 1.82) is 0 Å². The Morgan fingerprint density at radius 3 is 2.33 bits per heavy atom. The zero-order chi connectivity index (χ0) is 13.3. The number of hydrogen-bond donors (Lipinski definition) is 0. The highest BCUT2D eigenvalue weighted by Crippen LogP contribution is 2.34. The molecular weight excluding hydrogens is 268 g/mol. The van der Waals surface area contributed by atoms with E-state index >= 15 is 0 Å². The van der Waals surface area contributed by atoms with E-state index in [4.69, 9.17) is 11.6 Å². The molecule has 0 aliphatic heterocycles. The van der Waals surface area contributed by atoms with Crippen molar-refractivity contribution in [2.75, 3.05) is 0 Å². The predicted molar refractivity (Wildman–Crippen MR) is 61.8 cm³/mol. The molecule has 0 heterocycles. The van der Waals surface area contributed by atoms with Crippen molar-refractivity contribution in [3.8, 4) is 11.1 Å². The number of hydrogen-bond acceptors (Lipinski definition) is 0. The highest BCUT2D eigenvalue weighted by atomic mass is 35.5. The Bertz CT molecular complexity index is 581. The summed E-state index contributed by atoms with van der Waals surface area (Å²) < 4.78 is 52.4. The van der Waals surface area contributed by atoms with Gasteiger partial charge in [-0.1, -0.05) is 29.8 Å². The van der Waals surface area contributed by atoms with Crippen LogP contribution < -0.4 is 0 Å². The van der Waals surface area contributed by atoms with E-state index in [1.54, 1.807) is 0 Å². The molecule has 2 aromatic rings. The van der Waals surface area contributed by atoms with Crippen LogP contribution in [0.15, 0.2) is 36.4 Å². The van der Waals surface area contributed by atoms with Gasteiger partial charge in [-0.05, 0) is 23.8 Å². The van der Waals surface area contributed by atoms with Gasteiger partial charge in [0.25, 0.3) is 6.43 Å². The summed E-state index contributed by atoms with van der Waals surface area (Å²) in [7, 11) is 0. The van der Waals surface area contributed by atoms with E-state index in [9.17, 15) is 17.6 Å². The SMILES string of the molecule is Fc1cccc(-c2ccc(Cl)cc2C(F)F)c1F. The Kier molecular flexibility index (Phi) is 3.57. The highest BCUT2D eigenvalue weighted by Gasteiger charge is 2.18. The molecule has 0 aliphatic carbocycles. The molecule has 18 heavy (non-hydrogen) atoms. The van der Waals surface area contributed by atoms with Gasteiger partial charge in [-0.2, -0.15) is 0 Å². The van der Waals surface area contributed by atoms with E-state index in [0.717, 1.165) is 12.1 Å². The van der Waals surface area contributed by atoms with E-state index in [1.807, 2.05) is 0 Å². The molecule has 0 fully saturated rings. The summed E-state index contributed by atoms with van der Waals surface area (Å²) in [5.41, 5.74) is -0.694. The largest absolute Gasteiger partial charge is 0.264 e. The summed E-state index contributed by atoms with van der Waals surface area (Å²) >= 11 is 5.62. The summed E-state index contributed by atoms with van der Waals surface area (Å²) in [6.45, 7) is 0. The van der Waals surface area contributed by atoms with Gasteiger partial charge in [-0.3, -0.25) is 0 Å². The second kappa shape index (κ2) is 4.98. The van der Waals surface area contributed by atoms with Crippen molar-refractivity contribution in [2.24, 2.45) is 0 Å². The third-order valence-electron chi connectivity index (χ3n) is 2.49. The second-order valence-electron chi connectivity index (χ2n) is 3.63. The van der Waals surface area contributed by atoms with Crippen LogP contribution in [0, 0.1) is 11.6 Å². The van der Waals surface area contributed by atoms with E-state index in [1.165, 1.54) is 24.3 Å². The van der Waals surface area contributed by atoms with Crippen LogP contribution in [-0.4, -0.2) is 0 Å². The first-order valence-electron chi connectivity index (χ1n) is 5.02. The molecule has 0 nitrogen and oxygen atoms in total. The van der Waals surface area contributed by atoms with E-state index in [0.29, 0.717) is 0 Å². The predicted octanol–water partition coefficient (Wildman–Crippen LogP) is 5.22. The highest BCUT2D eigenvalue weighted by molar-refractivity contribution is 6.30. The summed E-state index contributed by atoms with van der Waals surface area (Å²) in [4.78, 5) is 0. The quantitative estimate of drug-likeness (QED) is 0.658. The Balaban J connectivity index is 2.67. The minimum Gasteiger partial charge on any atom is -0.205 e. The molecule has 0 bridgehead atoms. The molecule has 0 amide bonds. The zero-order valence-corrected chi connectivity index (χ0v) is 9.69. The average molecular weight is 275 g/mol. The normalized spacial score (nSPS) is 11.0. The first-order chi connectivity index (χ1) is 8.50. The van der Waals surface area contributed by atoms with Crippen LogP contribution in [0.4, 0.5) is 17.6 Å². The monoisotopic (exact) mass is 274 g/mol. The molecule has 0 N–H and O–H groups in total. The van der Waals surface area contributed by atoms with E-state index in [-0.39, 0.29) is 16.1 Å². The Labute approximate surface area is 106 Å². The van der Waals surface area contributed by atoms with Crippen molar-refractivity contribution in [3.63, 3.8) is 0 Å². The third kappa shape index (κ3) is 2.34. The maximum absolute atomic E-state index is 13.6. The van der Waals surface area contributed by atoms with Crippen LogP contribution >= 0.6 is 11.6 Å². The van der Waals surface area contributed by atoms with Gasteiger partial charge < -0.3 is 0 Å². The molecule has 0 unspecified atom stereocenters. The molecule has 0 saturated heterocycles. The minimum absolute atomic E-state index is 0.0635. The van der Waals surface area contributed by atoms with Gasteiger partial charge in [0.1, 0.15) is 0 Å². The Morgan fingerprint density at radius 2 is 1.67 bits per heavy atom. The van der Waals surface area contributed by atoms with Gasteiger partial charge in [0.2, 0.25) is 0 Å². The molecule has 0 atom stereocenters. The molecular formula is C13H7ClF4. The van der Waals surface area contributed by atoms with E-state index in [2.05, 4.69) is 0 Å². The molecule has 94 valence electrons. The van der Waals surface area contributed by atoms with Crippen molar-refractivity contribution >= 4 is 11.6 Å². The van der Waals surface area contributed by atoms with Crippen LogP contribution in [0.5, 0.6) is 0 Å². The summed E-state index contributed by atoms with van der Waals surface area (Å²) in [6, 6.07) is 7.09. The number of halogens is 5. The van der Waals surface area contributed by atoms with Crippen LogP contribution in [0.25, 0.3) is 11.1 Å². The molecule has 0 aliphatic rings. The lowest BCUT2D eigenvalue weighted by molar-refractivity contribution is 0.152. The number of alkyl halides is 2. The summed E-state index contributed by atoms with van der Waals surface area (Å²) in [6.07, 6.45) is -2.82.